The van der Waals surface area contributed by atoms with Crippen LogP contribution in [0.15, 0.2) is 4.99 Å². The van der Waals surface area contributed by atoms with Gasteiger partial charge in [-0.25, -0.2) is 13.1 Å². The average Bonchev–Trinajstić information content (AvgIpc) is 2.29. The highest BCUT2D eigenvalue weighted by atomic mass is 32.2. The van der Waals surface area contributed by atoms with E-state index in [0.717, 1.165) is 25.0 Å². The maximum absolute atomic E-state index is 11.3. The predicted octanol–water partition coefficient (Wildman–Crippen LogP) is 0.622. The van der Waals surface area contributed by atoms with Gasteiger partial charge >= 0.3 is 0 Å². The van der Waals surface area contributed by atoms with Gasteiger partial charge in [-0.05, 0) is 32.6 Å². The van der Waals surface area contributed by atoms with Crippen molar-refractivity contribution in [2.24, 2.45) is 10.9 Å². The third kappa shape index (κ3) is 6.09. The quantitative estimate of drug-likeness (QED) is 0.590. The monoisotopic (exact) mass is 304 g/mol. The number of rotatable bonds is 4. The Hall–Kier alpha value is -0.820. The first-order chi connectivity index (χ1) is 9.13. The Morgan fingerprint density at radius 2 is 1.90 bits per heavy atom. The molecule has 2 N–H and O–H groups in total. The zero-order valence-electron chi connectivity index (χ0n) is 13.2. The summed E-state index contributed by atoms with van der Waals surface area (Å²) in [7, 11) is -1.45. The van der Waals surface area contributed by atoms with Crippen molar-refractivity contribution in [1.82, 2.24) is 14.9 Å². The lowest BCUT2D eigenvalue weighted by molar-refractivity contribution is 0.271. The van der Waals surface area contributed by atoms with Crippen molar-refractivity contribution in [3.63, 3.8) is 0 Å². The molecule has 0 aromatic heterocycles. The van der Waals surface area contributed by atoms with E-state index in [1.807, 2.05) is 13.8 Å². The summed E-state index contributed by atoms with van der Waals surface area (Å²) in [5.74, 6) is 1.62. The van der Waals surface area contributed by atoms with E-state index in [0.29, 0.717) is 6.54 Å². The average molecular weight is 304 g/mol. The molecule has 20 heavy (non-hydrogen) atoms. The van der Waals surface area contributed by atoms with Crippen LogP contribution in [0.5, 0.6) is 0 Å². The van der Waals surface area contributed by atoms with Crippen molar-refractivity contribution < 1.29 is 8.42 Å². The van der Waals surface area contributed by atoms with Gasteiger partial charge in [-0.3, -0.25) is 4.99 Å². The van der Waals surface area contributed by atoms with E-state index in [2.05, 4.69) is 26.9 Å². The summed E-state index contributed by atoms with van der Waals surface area (Å²) in [6, 6.07) is 0. The second-order valence-corrected chi connectivity index (χ2v) is 8.08. The number of guanidine groups is 1. The second-order valence-electron chi connectivity index (χ2n) is 6.33. The van der Waals surface area contributed by atoms with Crippen molar-refractivity contribution in [3.8, 4) is 0 Å². The van der Waals surface area contributed by atoms with Crippen LogP contribution in [0.2, 0.25) is 0 Å². The van der Waals surface area contributed by atoms with Gasteiger partial charge in [-0.2, -0.15) is 0 Å². The first kappa shape index (κ1) is 17.2. The highest BCUT2D eigenvalue weighted by Crippen LogP contribution is 2.16. The first-order valence-electron chi connectivity index (χ1n) is 7.07. The number of sulfonamides is 1. The minimum absolute atomic E-state index is 0.499. The van der Waals surface area contributed by atoms with Crippen LogP contribution in [0.1, 0.15) is 33.6 Å². The summed E-state index contributed by atoms with van der Waals surface area (Å²) in [6.07, 6.45) is 3.52. The van der Waals surface area contributed by atoms with Gasteiger partial charge in [0.1, 0.15) is 0 Å². The maximum atomic E-state index is 11.3. The molecule has 0 bridgehead atoms. The number of nitrogens with one attached hydrogen (secondary N) is 2. The topological polar surface area (TPSA) is 73.8 Å². The molecule has 0 amide bonds. The van der Waals surface area contributed by atoms with Crippen molar-refractivity contribution in [1.29, 1.82) is 0 Å². The van der Waals surface area contributed by atoms with Crippen molar-refractivity contribution in [2.45, 2.75) is 39.2 Å². The van der Waals surface area contributed by atoms with E-state index < -0.39 is 15.6 Å². The minimum atomic E-state index is -3.21. The van der Waals surface area contributed by atoms with Crippen LogP contribution in [-0.4, -0.2) is 57.8 Å². The number of aliphatic imine (C=N–C) groups is 1. The molecule has 0 aromatic rings. The number of hydrogen-bond acceptors (Lipinski definition) is 3. The largest absolute Gasteiger partial charge is 0.354 e. The lowest BCUT2D eigenvalue weighted by Crippen LogP contribution is -2.54. The van der Waals surface area contributed by atoms with E-state index >= 15 is 0 Å². The summed E-state index contributed by atoms with van der Waals surface area (Å²) in [6.45, 7) is 8.48. The smallest absolute Gasteiger partial charge is 0.209 e. The van der Waals surface area contributed by atoms with Gasteiger partial charge in [0.2, 0.25) is 10.0 Å². The molecule has 1 aliphatic heterocycles. The lowest BCUT2D eigenvalue weighted by atomic mass is 9.99. The van der Waals surface area contributed by atoms with E-state index in [1.165, 1.54) is 19.1 Å². The van der Waals surface area contributed by atoms with Crippen LogP contribution in [-0.2, 0) is 10.0 Å². The molecule has 1 heterocycles. The van der Waals surface area contributed by atoms with Gasteiger partial charge in [0.25, 0.3) is 0 Å². The Morgan fingerprint density at radius 1 is 1.35 bits per heavy atom. The Morgan fingerprint density at radius 3 is 2.35 bits per heavy atom. The van der Waals surface area contributed by atoms with Crippen LogP contribution in [0.3, 0.4) is 0 Å². The van der Waals surface area contributed by atoms with Crippen molar-refractivity contribution in [3.05, 3.63) is 0 Å². The van der Waals surface area contributed by atoms with E-state index in [-0.39, 0.29) is 0 Å². The minimum Gasteiger partial charge on any atom is -0.354 e. The predicted molar refractivity (Wildman–Crippen MR) is 83.4 cm³/mol. The van der Waals surface area contributed by atoms with Gasteiger partial charge < -0.3 is 10.2 Å². The molecule has 0 radical (unpaired) electrons. The number of hydrogen-bond donors (Lipinski definition) is 2. The summed E-state index contributed by atoms with van der Waals surface area (Å²) >= 11 is 0. The lowest BCUT2D eigenvalue weighted by Gasteiger charge is -2.34. The molecule has 0 saturated carbocycles. The molecule has 0 aromatic carbocycles. The molecule has 118 valence electrons. The van der Waals surface area contributed by atoms with E-state index in [9.17, 15) is 8.42 Å². The van der Waals surface area contributed by atoms with Crippen molar-refractivity contribution >= 4 is 16.0 Å². The molecule has 1 rings (SSSR count). The highest BCUT2D eigenvalue weighted by Gasteiger charge is 2.24. The van der Waals surface area contributed by atoms with Crippen LogP contribution in [0, 0.1) is 5.92 Å². The zero-order chi connectivity index (χ0) is 15.4. The molecule has 6 nitrogen and oxygen atoms in total. The number of likely N-dealkylation sites (tertiary alicyclic amines) is 1. The molecule has 0 spiro atoms. The van der Waals surface area contributed by atoms with Crippen LogP contribution in [0.25, 0.3) is 0 Å². The van der Waals surface area contributed by atoms with Gasteiger partial charge in [-0.1, -0.05) is 6.92 Å². The fraction of sp³-hybridized carbons (Fsp3) is 0.923. The summed E-state index contributed by atoms with van der Waals surface area (Å²) in [5, 5.41) is 3.27. The van der Waals surface area contributed by atoms with Crippen LogP contribution >= 0.6 is 0 Å². The Kier molecular flexibility index (Phi) is 5.82. The molecule has 0 aliphatic carbocycles. The van der Waals surface area contributed by atoms with Gasteiger partial charge in [0.15, 0.2) is 5.96 Å². The Balaban J connectivity index is 2.53. The standard InChI is InChI=1S/C13H28N4O2S/c1-11-6-8-17(9-7-11)12(14-4)15-10-13(2,3)16-20(5,18)19/h11,16H,6-10H2,1-5H3,(H,14,15). The second kappa shape index (κ2) is 6.76. The third-order valence-electron chi connectivity index (χ3n) is 3.45. The summed E-state index contributed by atoms with van der Waals surface area (Å²) in [4.78, 5) is 6.52. The highest BCUT2D eigenvalue weighted by molar-refractivity contribution is 7.88. The van der Waals surface area contributed by atoms with Crippen LogP contribution < -0.4 is 10.0 Å². The third-order valence-corrected chi connectivity index (χ3v) is 4.37. The van der Waals surface area contributed by atoms with Crippen molar-refractivity contribution in [2.75, 3.05) is 32.9 Å². The molecule has 1 fully saturated rings. The molecule has 1 saturated heterocycles. The zero-order valence-corrected chi connectivity index (χ0v) is 14.0. The van der Waals surface area contributed by atoms with E-state index in [1.54, 1.807) is 7.05 Å². The van der Waals surface area contributed by atoms with Gasteiger partial charge in [-0.15, -0.1) is 0 Å². The molecular weight excluding hydrogens is 276 g/mol. The fourth-order valence-corrected chi connectivity index (χ4v) is 3.47. The first-order valence-corrected chi connectivity index (χ1v) is 8.96. The number of piperidine rings is 1. The fourth-order valence-electron chi connectivity index (χ4n) is 2.39. The SMILES string of the molecule is CN=C(NCC(C)(C)NS(C)(=O)=O)N1CCC(C)CC1. The molecule has 0 atom stereocenters. The molecule has 0 unspecified atom stereocenters. The summed E-state index contributed by atoms with van der Waals surface area (Å²) in [5.41, 5.74) is -0.549. The van der Waals surface area contributed by atoms with Gasteiger partial charge in [0.05, 0.1) is 6.26 Å². The number of nitrogens with zero attached hydrogens (tertiary/aromatic N) is 2. The van der Waals surface area contributed by atoms with E-state index in [4.69, 9.17) is 0 Å². The normalized spacial score (nSPS) is 19.2. The van der Waals surface area contributed by atoms with Gasteiger partial charge in [0, 0.05) is 32.2 Å². The maximum Gasteiger partial charge on any atom is 0.209 e. The molecule has 1 aliphatic rings. The summed E-state index contributed by atoms with van der Waals surface area (Å²) < 4.78 is 25.3. The van der Waals surface area contributed by atoms with Crippen LogP contribution in [0.4, 0.5) is 0 Å². The Labute approximate surface area is 123 Å². The Bertz CT molecular complexity index is 437. The molecular formula is C13H28N4O2S. The molecule has 7 heteroatoms.